The summed E-state index contributed by atoms with van der Waals surface area (Å²) in [7, 11) is 1.64. The van der Waals surface area contributed by atoms with E-state index in [2.05, 4.69) is 31.3 Å². The molecule has 0 aliphatic carbocycles. The van der Waals surface area contributed by atoms with E-state index in [1.54, 1.807) is 11.6 Å². The Balaban J connectivity index is 1.42. The monoisotopic (exact) mass is 430 g/mol. The molecule has 0 radical (unpaired) electrons. The topological polar surface area (TPSA) is 68.5 Å². The number of ether oxygens (including phenoxy) is 1. The molecule has 1 amide bonds. The zero-order chi connectivity index (χ0) is 19.2. The lowest BCUT2D eigenvalue weighted by Crippen LogP contribution is -2.25. The van der Waals surface area contributed by atoms with Crippen LogP contribution in [0.3, 0.4) is 0 Å². The van der Waals surface area contributed by atoms with Gasteiger partial charge in [-0.05, 0) is 55.5 Å². The number of hydrogen-bond donors (Lipinski definition) is 1. The summed E-state index contributed by atoms with van der Waals surface area (Å²) < 4.78 is 8.13. The van der Waals surface area contributed by atoms with Crippen LogP contribution in [0.15, 0.2) is 41.1 Å². The molecule has 142 valence electrons. The van der Waals surface area contributed by atoms with Gasteiger partial charge in [0.05, 0.1) is 12.8 Å². The van der Waals surface area contributed by atoms with Crippen LogP contribution in [0.5, 0.6) is 5.75 Å². The first-order chi connectivity index (χ1) is 13.0. The largest absolute Gasteiger partial charge is 0.496 e. The van der Waals surface area contributed by atoms with E-state index < -0.39 is 0 Å². The highest BCUT2D eigenvalue weighted by molar-refractivity contribution is 9.10. The predicted octanol–water partition coefficient (Wildman–Crippen LogP) is 3.49. The molecule has 0 spiro atoms. The van der Waals surface area contributed by atoms with Crippen molar-refractivity contribution >= 4 is 27.5 Å². The summed E-state index contributed by atoms with van der Waals surface area (Å²) in [5, 5.41) is 7.36. The van der Waals surface area contributed by atoms with Gasteiger partial charge in [-0.3, -0.25) is 4.79 Å². The fourth-order valence-corrected chi connectivity index (χ4v) is 3.37. The number of benzene rings is 1. The Morgan fingerprint density at radius 1 is 1.30 bits per heavy atom. The average molecular weight is 431 g/mol. The minimum Gasteiger partial charge on any atom is -0.496 e. The van der Waals surface area contributed by atoms with E-state index in [-0.39, 0.29) is 5.91 Å². The number of hydrogen-bond acceptors (Lipinski definition) is 4. The first-order valence-corrected chi connectivity index (χ1v) is 9.74. The molecule has 3 aromatic rings. The highest BCUT2D eigenvalue weighted by Crippen LogP contribution is 2.24. The summed E-state index contributed by atoms with van der Waals surface area (Å²) in [6.07, 6.45) is 6.66. The number of rotatable bonds is 8. The Kier molecular flexibility index (Phi) is 6.45. The van der Waals surface area contributed by atoms with Crippen molar-refractivity contribution in [2.45, 2.75) is 32.6 Å². The van der Waals surface area contributed by atoms with Crippen molar-refractivity contribution in [2.24, 2.45) is 0 Å². The molecule has 0 atom stereocenters. The smallest absolute Gasteiger partial charge is 0.220 e. The van der Waals surface area contributed by atoms with Crippen LogP contribution >= 0.6 is 15.9 Å². The lowest BCUT2D eigenvalue weighted by molar-refractivity contribution is -0.121. The van der Waals surface area contributed by atoms with Gasteiger partial charge in [-0.25, -0.2) is 9.50 Å². The normalized spacial score (nSPS) is 10.9. The number of methoxy groups -OCH3 is 1. The van der Waals surface area contributed by atoms with E-state index in [0.717, 1.165) is 45.5 Å². The van der Waals surface area contributed by atoms with Crippen LogP contribution in [-0.2, 0) is 17.6 Å². The summed E-state index contributed by atoms with van der Waals surface area (Å²) in [6.45, 7) is 2.60. The summed E-state index contributed by atoms with van der Waals surface area (Å²) in [6, 6.07) is 7.78. The quantitative estimate of drug-likeness (QED) is 0.555. The van der Waals surface area contributed by atoms with Crippen LogP contribution in [-0.4, -0.2) is 34.2 Å². The van der Waals surface area contributed by atoms with Crippen molar-refractivity contribution in [1.82, 2.24) is 19.9 Å². The number of carbonyl (C=O) groups excluding carboxylic acids is 1. The van der Waals surface area contributed by atoms with Crippen molar-refractivity contribution in [3.05, 3.63) is 58.0 Å². The third-order valence-corrected chi connectivity index (χ3v) is 4.81. The van der Waals surface area contributed by atoms with Gasteiger partial charge < -0.3 is 10.1 Å². The standard InChI is InChI=1S/C20H23BrN4O2/c1-14-10-19-23-12-15(13-25(19)24-14)4-3-9-22-20(26)8-5-16-11-17(21)6-7-18(16)27-2/h6-7,10-13H,3-5,8-9H2,1-2H3,(H,22,26). The molecule has 27 heavy (non-hydrogen) atoms. The molecule has 0 saturated heterocycles. The Labute approximate surface area is 167 Å². The maximum absolute atomic E-state index is 12.1. The zero-order valence-electron chi connectivity index (χ0n) is 15.5. The Morgan fingerprint density at radius 2 is 2.15 bits per heavy atom. The number of aryl methyl sites for hydroxylation is 3. The van der Waals surface area contributed by atoms with Crippen molar-refractivity contribution < 1.29 is 9.53 Å². The van der Waals surface area contributed by atoms with Crippen molar-refractivity contribution in [1.29, 1.82) is 0 Å². The zero-order valence-corrected chi connectivity index (χ0v) is 17.1. The summed E-state index contributed by atoms with van der Waals surface area (Å²) in [5.74, 6) is 0.857. The maximum Gasteiger partial charge on any atom is 0.220 e. The van der Waals surface area contributed by atoms with E-state index in [1.165, 1.54) is 0 Å². The highest BCUT2D eigenvalue weighted by atomic mass is 79.9. The molecule has 2 aromatic heterocycles. The Bertz CT molecular complexity index is 939. The third kappa shape index (κ3) is 5.29. The molecule has 0 unspecified atom stereocenters. The van der Waals surface area contributed by atoms with Gasteiger partial charge in [0, 0.05) is 35.9 Å². The fraction of sp³-hybridized carbons (Fsp3) is 0.350. The third-order valence-electron chi connectivity index (χ3n) is 4.32. The second-order valence-electron chi connectivity index (χ2n) is 6.46. The summed E-state index contributed by atoms with van der Waals surface area (Å²) in [5.41, 5.74) is 3.94. The second kappa shape index (κ2) is 8.99. The van der Waals surface area contributed by atoms with E-state index in [9.17, 15) is 4.79 Å². The minimum absolute atomic E-state index is 0.0494. The molecule has 0 saturated carbocycles. The number of halogens is 1. The van der Waals surface area contributed by atoms with Gasteiger partial charge in [0.15, 0.2) is 5.65 Å². The van der Waals surface area contributed by atoms with Gasteiger partial charge >= 0.3 is 0 Å². The number of nitrogens with zero attached hydrogens (tertiary/aromatic N) is 3. The number of nitrogens with one attached hydrogen (secondary N) is 1. The summed E-state index contributed by atoms with van der Waals surface area (Å²) in [4.78, 5) is 16.5. The molecule has 1 aromatic carbocycles. The van der Waals surface area contributed by atoms with Crippen LogP contribution in [0.25, 0.3) is 5.65 Å². The molecular formula is C20H23BrN4O2. The van der Waals surface area contributed by atoms with Gasteiger partial charge in [0.25, 0.3) is 0 Å². The van der Waals surface area contributed by atoms with E-state index in [0.29, 0.717) is 19.4 Å². The molecule has 6 nitrogen and oxygen atoms in total. The first-order valence-electron chi connectivity index (χ1n) is 8.95. The second-order valence-corrected chi connectivity index (χ2v) is 7.38. The highest BCUT2D eigenvalue weighted by Gasteiger charge is 2.07. The molecule has 2 heterocycles. The average Bonchev–Trinajstić information content (AvgIpc) is 3.03. The van der Waals surface area contributed by atoms with E-state index >= 15 is 0 Å². The molecule has 7 heteroatoms. The molecule has 0 aliphatic heterocycles. The van der Waals surface area contributed by atoms with Crippen molar-refractivity contribution in [3.8, 4) is 5.75 Å². The minimum atomic E-state index is 0.0494. The SMILES string of the molecule is COc1ccc(Br)cc1CCC(=O)NCCCc1cnc2cc(C)nn2c1. The molecule has 1 N–H and O–H groups in total. The van der Waals surface area contributed by atoms with Crippen LogP contribution in [0, 0.1) is 6.92 Å². The molecular weight excluding hydrogens is 408 g/mol. The number of aromatic nitrogens is 3. The molecule has 0 bridgehead atoms. The predicted molar refractivity (Wildman–Crippen MR) is 108 cm³/mol. The number of fused-ring (bicyclic) bond motifs is 1. The summed E-state index contributed by atoms with van der Waals surface area (Å²) >= 11 is 3.45. The lowest BCUT2D eigenvalue weighted by atomic mass is 10.1. The van der Waals surface area contributed by atoms with Gasteiger partial charge in [0.1, 0.15) is 5.75 Å². The lowest BCUT2D eigenvalue weighted by Gasteiger charge is -2.09. The molecule has 0 fully saturated rings. The van der Waals surface area contributed by atoms with Gasteiger partial charge in [-0.15, -0.1) is 0 Å². The van der Waals surface area contributed by atoms with Gasteiger partial charge in [-0.2, -0.15) is 5.10 Å². The molecule has 0 aliphatic rings. The van der Waals surface area contributed by atoms with E-state index in [1.807, 2.05) is 43.6 Å². The Hall–Kier alpha value is -2.41. The molecule has 3 rings (SSSR count). The maximum atomic E-state index is 12.1. The van der Waals surface area contributed by atoms with Crippen LogP contribution in [0.1, 0.15) is 29.7 Å². The number of amides is 1. The van der Waals surface area contributed by atoms with Crippen molar-refractivity contribution in [2.75, 3.05) is 13.7 Å². The van der Waals surface area contributed by atoms with Crippen molar-refractivity contribution in [3.63, 3.8) is 0 Å². The Morgan fingerprint density at radius 3 is 2.96 bits per heavy atom. The number of carbonyl (C=O) groups is 1. The van der Waals surface area contributed by atoms with Crippen LogP contribution < -0.4 is 10.1 Å². The van der Waals surface area contributed by atoms with E-state index in [4.69, 9.17) is 4.74 Å². The van der Waals surface area contributed by atoms with Crippen LogP contribution in [0.2, 0.25) is 0 Å². The first kappa shape index (κ1) is 19.4. The fourth-order valence-electron chi connectivity index (χ4n) is 2.96. The van der Waals surface area contributed by atoms with Gasteiger partial charge in [0.2, 0.25) is 5.91 Å². The van der Waals surface area contributed by atoms with Crippen LogP contribution in [0.4, 0.5) is 0 Å². The van der Waals surface area contributed by atoms with Gasteiger partial charge in [-0.1, -0.05) is 15.9 Å².